The molecule has 6 heteroatoms. The molecule has 2 heterocycles. The Morgan fingerprint density at radius 1 is 1.43 bits per heavy atom. The van der Waals surface area contributed by atoms with E-state index < -0.39 is 0 Å². The summed E-state index contributed by atoms with van der Waals surface area (Å²) >= 11 is 0. The molecule has 23 heavy (non-hydrogen) atoms. The minimum atomic E-state index is -0.0372. The summed E-state index contributed by atoms with van der Waals surface area (Å²) in [6, 6.07) is 11.5. The molecule has 3 rings (SSSR count). The highest BCUT2D eigenvalue weighted by Gasteiger charge is 2.20. The fourth-order valence-electron chi connectivity index (χ4n) is 2.60. The molecule has 6 nitrogen and oxygen atoms in total. The van der Waals surface area contributed by atoms with Crippen molar-refractivity contribution in [3.8, 4) is 6.07 Å². The van der Waals surface area contributed by atoms with Crippen LogP contribution in [0.25, 0.3) is 0 Å². The van der Waals surface area contributed by atoms with Crippen molar-refractivity contribution < 1.29 is 9.63 Å². The predicted molar refractivity (Wildman–Crippen MR) is 86.7 cm³/mol. The van der Waals surface area contributed by atoms with Gasteiger partial charge in [0, 0.05) is 24.0 Å². The molecule has 1 aliphatic rings. The van der Waals surface area contributed by atoms with Gasteiger partial charge < -0.3 is 9.88 Å². The number of carbonyl (C=O) groups is 1. The van der Waals surface area contributed by atoms with Crippen molar-refractivity contribution in [2.75, 3.05) is 10.8 Å². The smallest absolute Gasteiger partial charge is 0.228 e. The Bertz CT molecular complexity index is 760. The minimum Gasteiger partial charge on any atom is -0.339 e. The number of benzene rings is 1. The van der Waals surface area contributed by atoms with Crippen LogP contribution in [-0.2, 0) is 22.6 Å². The number of hydrogen-bond acceptors (Lipinski definition) is 4. The quantitative estimate of drug-likeness (QED) is 0.804. The molecule has 1 aromatic heterocycles. The van der Waals surface area contributed by atoms with Gasteiger partial charge in [0.05, 0.1) is 18.2 Å². The summed E-state index contributed by atoms with van der Waals surface area (Å²) < 4.78 is 1.91. The maximum Gasteiger partial charge on any atom is 0.228 e. The Morgan fingerprint density at radius 3 is 3.13 bits per heavy atom. The molecule has 1 amide bonds. The zero-order valence-corrected chi connectivity index (χ0v) is 12.9. The van der Waals surface area contributed by atoms with Crippen molar-refractivity contribution in [1.29, 1.82) is 5.26 Å². The highest BCUT2D eigenvalue weighted by molar-refractivity contribution is 6.01. The standard InChI is InChI=1S/C17H18N4O2/c1-12(7-9-21-8-3-4-13(21)11-18)23-20-16-6-2-5-15-14(16)10-17(22)19-15/h2-6,8,12,20H,7,9-10H2,1H3,(H,19,22). The summed E-state index contributed by atoms with van der Waals surface area (Å²) in [5, 5.41) is 11.8. The largest absolute Gasteiger partial charge is 0.339 e. The molecule has 1 aromatic carbocycles. The number of nitrogens with zero attached hydrogens (tertiary/aromatic N) is 2. The van der Waals surface area contributed by atoms with Crippen molar-refractivity contribution in [1.82, 2.24) is 4.57 Å². The van der Waals surface area contributed by atoms with Gasteiger partial charge in [-0.25, -0.2) is 0 Å². The van der Waals surface area contributed by atoms with Crippen molar-refractivity contribution in [3.05, 3.63) is 47.8 Å². The summed E-state index contributed by atoms with van der Waals surface area (Å²) in [5.74, 6) is -0.000982. The van der Waals surface area contributed by atoms with Gasteiger partial charge in [-0.1, -0.05) is 6.07 Å². The molecule has 2 aromatic rings. The average molecular weight is 310 g/mol. The van der Waals surface area contributed by atoms with Gasteiger partial charge in [0.1, 0.15) is 11.8 Å². The Kier molecular flexibility index (Phi) is 4.31. The number of nitriles is 1. The summed E-state index contributed by atoms with van der Waals surface area (Å²) in [6.07, 6.45) is 2.98. The van der Waals surface area contributed by atoms with E-state index in [1.165, 1.54) is 0 Å². The average Bonchev–Trinajstić information content (AvgIpc) is 3.15. The SMILES string of the molecule is CC(CCn1cccc1C#N)ONc1cccc2c1CC(=O)N2. The van der Waals surface area contributed by atoms with Gasteiger partial charge in [-0.3, -0.25) is 15.1 Å². The lowest BCUT2D eigenvalue weighted by molar-refractivity contribution is -0.115. The zero-order valence-electron chi connectivity index (χ0n) is 12.9. The Morgan fingerprint density at radius 2 is 2.30 bits per heavy atom. The van der Waals surface area contributed by atoms with Crippen molar-refractivity contribution >= 4 is 17.3 Å². The van der Waals surface area contributed by atoms with Crippen LogP contribution in [0.15, 0.2) is 36.5 Å². The molecule has 0 fully saturated rings. The van der Waals surface area contributed by atoms with Crippen LogP contribution >= 0.6 is 0 Å². The molecule has 0 bridgehead atoms. The number of nitrogens with one attached hydrogen (secondary N) is 2. The summed E-state index contributed by atoms with van der Waals surface area (Å²) in [7, 11) is 0. The molecule has 0 saturated heterocycles. The van der Waals surface area contributed by atoms with Crippen LogP contribution in [0.5, 0.6) is 0 Å². The first-order valence-corrected chi connectivity index (χ1v) is 7.56. The van der Waals surface area contributed by atoms with E-state index in [2.05, 4.69) is 16.9 Å². The summed E-state index contributed by atoms with van der Waals surface area (Å²) in [4.78, 5) is 17.2. The summed E-state index contributed by atoms with van der Waals surface area (Å²) in [5.41, 5.74) is 6.19. The van der Waals surface area contributed by atoms with Crippen LogP contribution in [0.1, 0.15) is 24.6 Å². The molecule has 1 aliphatic heterocycles. The van der Waals surface area contributed by atoms with Crippen LogP contribution < -0.4 is 10.8 Å². The third kappa shape index (κ3) is 3.35. The third-order valence-electron chi connectivity index (χ3n) is 3.88. The lowest BCUT2D eigenvalue weighted by atomic mass is 10.1. The highest BCUT2D eigenvalue weighted by atomic mass is 16.7. The zero-order chi connectivity index (χ0) is 16.2. The predicted octanol–water partition coefficient (Wildman–Crippen LogP) is 2.68. The molecule has 0 spiro atoms. The first-order chi connectivity index (χ1) is 11.2. The van der Waals surface area contributed by atoms with Crippen LogP contribution in [0.2, 0.25) is 0 Å². The molecule has 118 valence electrons. The number of anilines is 2. The lowest BCUT2D eigenvalue weighted by Crippen LogP contribution is -2.16. The normalized spacial score (nSPS) is 14.0. The van der Waals surface area contributed by atoms with Gasteiger partial charge in [-0.05, 0) is 37.6 Å². The number of aromatic nitrogens is 1. The van der Waals surface area contributed by atoms with Crippen molar-refractivity contribution in [2.45, 2.75) is 32.4 Å². The second kappa shape index (κ2) is 6.55. The van der Waals surface area contributed by atoms with Gasteiger partial charge in [-0.2, -0.15) is 5.26 Å². The lowest BCUT2D eigenvalue weighted by Gasteiger charge is -2.16. The highest BCUT2D eigenvalue weighted by Crippen LogP contribution is 2.29. The molecule has 1 unspecified atom stereocenters. The van der Waals surface area contributed by atoms with Crippen LogP contribution in [0, 0.1) is 11.3 Å². The van der Waals surface area contributed by atoms with Crippen LogP contribution in [0.4, 0.5) is 11.4 Å². The molecule has 0 aliphatic carbocycles. The van der Waals surface area contributed by atoms with Gasteiger partial charge in [-0.15, -0.1) is 0 Å². The first-order valence-electron chi connectivity index (χ1n) is 7.56. The molecule has 0 saturated carbocycles. The molecule has 1 atom stereocenters. The number of hydrogen-bond donors (Lipinski definition) is 2. The topological polar surface area (TPSA) is 79.1 Å². The number of amides is 1. The number of carbonyl (C=O) groups excluding carboxylic acids is 1. The minimum absolute atomic E-state index is 0.000982. The molecular formula is C17H18N4O2. The van der Waals surface area contributed by atoms with E-state index in [9.17, 15) is 4.79 Å². The van der Waals surface area contributed by atoms with Gasteiger partial charge >= 0.3 is 0 Å². The van der Waals surface area contributed by atoms with E-state index in [0.717, 1.165) is 23.4 Å². The van der Waals surface area contributed by atoms with Gasteiger partial charge in [0.2, 0.25) is 5.91 Å². The second-order valence-electron chi connectivity index (χ2n) is 5.57. The second-order valence-corrected chi connectivity index (χ2v) is 5.57. The molecular weight excluding hydrogens is 292 g/mol. The maximum atomic E-state index is 11.5. The number of fused-ring (bicyclic) bond motifs is 1. The van der Waals surface area contributed by atoms with E-state index >= 15 is 0 Å². The van der Waals surface area contributed by atoms with E-state index in [1.54, 1.807) is 6.07 Å². The Balaban J connectivity index is 1.54. The van der Waals surface area contributed by atoms with E-state index in [0.29, 0.717) is 18.7 Å². The third-order valence-corrected chi connectivity index (χ3v) is 3.88. The van der Waals surface area contributed by atoms with E-state index in [4.69, 9.17) is 10.1 Å². The fourth-order valence-corrected chi connectivity index (χ4v) is 2.60. The Labute approximate surface area is 134 Å². The van der Waals surface area contributed by atoms with Crippen LogP contribution in [0.3, 0.4) is 0 Å². The van der Waals surface area contributed by atoms with Gasteiger partial charge in [0.25, 0.3) is 0 Å². The van der Waals surface area contributed by atoms with Crippen molar-refractivity contribution in [3.63, 3.8) is 0 Å². The van der Waals surface area contributed by atoms with Gasteiger partial charge in [0.15, 0.2) is 0 Å². The first kappa shape index (κ1) is 15.1. The maximum absolute atomic E-state index is 11.5. The number of rotatable bonds is 6. The van der Waals surface area contributed by atoms with Crippen molar-refractivity contribution in [2.24, 2.45) is 0 Å². The molecule has 2 N–H and O–H groups in total. The summed E-state index contributed by atoms with van der Waals surface area (Å²) in [6.45, 7) is 2.68. The van der Waals surface area contributed by atoms with Crippen LogP contribution in [-0.4, -0.2) is 16.6 Å². The van der Waals surface area contributed by atoms with E-state index in [1.807, 2.05) is 42.0 Å². The van der Waals surface area contributed by atoms with E-state index in [-0.39, 0.29) is 12.0 Å². The Hall–Kier alpha value is -2.78. The molecule has 0 radical (unpaired) electrons. The number of aryl methyl sites for hydroxylation is 1. The fraction of sp³-hybridized carbons (Fsp3) is 0.294. The monoisotopic (exact) mass is 310 g/mol.